The van der Waals surface area contributed by atoms with Crippen LogP contribution in [0, 0.1) is 0 Å². The number of amides is 2. The van der Waals surface area contributed by atoms with Crippen molar-refractivity contribution in [3.05, 3.63) is 23.8 Å². The second-order valence-corrected chi connectivity index (χ2v) is 6.70. The molecule has 1 aliphatic rings. The van der Waals surface area contributed by atoms with Crippen LogP contribution in [-0.2, 0) is 4.79 Å². The van der Waals surface area contributed by atoms with Crippen LogP contribution < -0.4 is 5.32 Å². The van der Waals surface area contributed by atoms with E-state index in [0.29, 0.717) is 23.5 Å². The minimum Gasteiger partial charge on any atom is -0.389 e. The Morgan fingerprint density at radius 1 is 1.48 bits per heavy atom. The molecule has 2 rings (SSSR count). The van der Waals surface area contributed by atoms with Crippen molar-refractivity contribution >= 4 is 29.3 Å². The van der Waals surface area contributed by atoms with Gasteiger partial charge in [-0.1, -0.05) is 0 Å². The van der Waals surface area contributed by atoms with Crippen LogP contribution in [-0.4, -0.2) is 46.3 Å². The van der Waals surface area contributed by atoms with E-state index in [1.165, 1.54) is 11.8 Å². The van der Waals surface area contributed by atoms with Gasteiger partial charge < -0.3 is 15.3 Å². The molecular weight excluding hydrogens is 288 g/mol. The zero-order valence-electron chi connectivity index (χ0n) is 12.5. The van der Waals surface area contributed by atoms with Gasteiger partial charge in [-0.2, -0.15) is 0 Å². The first kappa shape index (κ1) is 15.9. The molecule has 5 nitrogen and oxygen atoms in total. The van der Waals surface area contributed by atoms with E-state index < -0.39 is 5.60 Å². The summed E-state index contributed by atoms with van der Waals surface area (Å²) in [5, 5.41) is 12.7. The molecule has 21 heavy (non-hydrogen) atoms. The zero-order chi connectivity index (χ0) is 15.6. The van der Waals surface area contributed by atoms with E-state index in [0.717, 1.165) is 4.90 Å². The number of rotatable bonds is 4. The Morgan fingerprint density at radius 2 is 2.19 bits per heavy atom. The summed E-state index contributed by atoms with van der Waals surface area (Å²) in [6.07, 6.45) is 0. The Balaban J connectivity index is 2.22. The van der Waals surface area contributed by atoms with Crippen LogP contribution in [0.1, 0.15) is 31.1 Å². The lowest BCUT2D eigenvalue weighted by Crippen LogP contribution is -2.42. The predicted molar refractivity (Wildman–Crippen MR) is 83.7 cm³/mol. The van der Waals surface area contributed by atoms with Gasteiger partial charge in [0.2, 0.25) is 5.91 Å². The molecule has 6 heteroatoms. The van der Waals surface area contributed by atoms with Crippen molar-refractivity contribution in [1.82, 2.24) is 4.90 Å². The normalized spacial score (nSPS) is 14.4. The molecule has 0 atom stereocenters. The van der Waals surface area contributed by atoms with Crippen molar-refractivity contribution in [1.29, 1.82) is 0 Å². The van der Waals surface area contributed by atoms with Gasteiger partial charge in [-0.3, -0.25) is 9.59 Å². The summed E-state index contributed by atoms with van der Waals surface area (Å²) in [4.78, 5) is 26.5. The Hall–Kier alpha value is -1.53. The third kappa shape index (κ3) is 3.98. The second-order valence-electron chi connectivity index (χ2n) is 5.68. The number of carbonyl (C=O) groups is 2. The molecule has 0 radical (unpaired) electrons. The lowest BCUT2D eigenvalue weighted by atomic mass is 10.1. The summed E-state index contributed by atoms with van der Waals surface area (Å²) < 4.78 is 0. The number of hydrogen-bond donors (Lipinski definition) is 2. The number of hydrogen-bond acceptors (Lipinski definition) is 4. The maximum absolute atomic E-state index is 12.5. The fraction of sp³-hybridized carbons (Fsp3) is 0.467. The van der Waals surface area contributed by atoms with Gasteiger partial charge in [0.1, 0.15) is 0 Å². The summed E-state index contributed by atoms with van der Waals surface area (Å²) in [7, 11) is 0. The molecule has 0 saturated heterocycles. The Bertz CT molecular complexity index is 567. The Labute approximate surface area is 128 Å². The standard InChI is InChI=1S/C15H20N2O3S/c1-4-17(9-15(2,3)20)14(19)10-5-6-12-11(7-10)16-13(18)8-21-12/h5-7,20H,4,8-9H2,1-3H3,(H,16,18). The zero-order valence-corrected chi connectivity index (χ0v) is 13.3. The molecule has 1 aliphatic heterocycles. The Kier molecular flexibility index (Phi) is 4.58. The number of benzene rings is 1. The van der Waals surface area contributed by atoms with Gasteiger partial charge in [0, 0.05) is 23.5 Å². The summed E-state index contributed by atoms with van der Waals surface area (Å²) >= 11 is 1.46. The highest BCUT2D eigenvalue weighted by Crippen LogP contribution is 2.32. The fourth-order valence-corrected chi connectivity index (χ4v) is 2.98. The highest BCUT2D eigenvalue weighted by Gasteiger charge is 2.24. The number of fused-ring (bicyclic) bond motifs is 1. The summed E-state index contributed by atoms with van der Waals surface area (Å²) in [6.45, 7) is 6.00. The van der Waals surface area contributed by atoms with Crippen molar-refractivity contribution in [2.24, 2.45) is 0 Å². The topological polar surface area (TPSA) is 69.6 Å². The maximum Gasteiger partial charge on any atom is 0.254 e. The van der Waals surface area contributed by atoms with E-state index >= 15 is 0 Å². The molecule has 1 heterocycles. The minimum absolute atomic E-state index is 0.0547. The molecule has 0 saturated carbocycles. The van der Waals surface area contributed by atoms with Crippen LogP contribution in [0.5, 0.6) is 0 Å². The lowest BCUT2D eigenvalue weighted by molar-refractivity contribution is -0.113. The van der Waals surface area contributed by atoms with Crippen LogP contribution in [0.3, 0.4) is 0 Å². The minimum atomic E-state index is -0.941. The van der Waals surface area contributed by atoms with Crippen LogP contribution in [0.4, 0.5) is 5.69 Å². The highest BCUT2D eigenvalue weighted by molar-refractivity contribution is 8.00. The van der Waals surface area contributed by atoms with Gasteiger partial charge in [0.05, 0.1) is 17.0 Å². The molecular formula is C15H20N2O3S. The fourth-order valence-electron chi connectivity index (χ4n) is 2.19. The van der Waals surface area contributed by atoms with Gasteiger partial charge in [-0.05, 0) is 39.0 Å². The van der Waals surface area contributed by atoms with Crippen molar-refractivity contribution in [3.63, 3.8) is 0 Å². The lowest BCUT2D eigenvalue weighted by Gasteiger charge is -2.28. The highest BCUT2D eigenvalue weighted by atomic mass is 32.2. The van der Waals surface area contributed by atoms with Gasteiger partial charge in [-0.15, -0.1) is 11.8 Å². The summed E-state index contributed by atoms with van der Waals surface area (Å²) in [6, 6.07) is 5.32. The number of carbonyl (C=O) groups excluding carboxylic acids is 2. The van der Waals surface area contributed by atoms with Gasteiger partial charge in [-0.25, -0.2) is 0 Å². The number of aliphatic hydroxyl groups is 1. The number of likely N-dealkylation sites (N-methyl/N-ethyl adjacent to an activating group) is 1. The molecule has 0 unspecified atom stereocenters. The van der Waals surface area contributed by atoms with E-state index in [2.05, 4.69) is 5.32 Å². The van der Waals surface area contributed by atoms with E-state index in [4.69, 9.17) is 0 Å². The second kappa shape index (κ2) is 6.07. The van der Waals surface area contributed by atoms with Crippen molar-refractivity contribution in [3.8, 4) is 0 Å². The third-order valence-corrected chi connectivity index (χ3v) is 4.18. The van der Waals surface area contributed by atoms with E-state index in [9.17, 15) is 14.7 Å². The molecule has 1 aromatic rings. The molecule has 0 spiro atoms. The average molecular weight is 308 g/mol. The first-order chi connectivity index (χ1) is 9.80. The SMILES string of the molecule is CCN(CC(C)(C)O)C(=O)c1ccc2c(c1)NC(=O)CS2. The monoisotopic (exact) mass is 308 g/mol. The van der Waals surface area contributed by atoms with Crippen LogP contribution in [0.2, 0.25) is 0 Å². The van der Waals surface area contributed by atoms with Crippen LogP contribution in [0.25, 0.3) is 0 Å². The van der Waals surface area contributed by atoms with Crippen LogP contribution >= 0.6 is 11.8 Å². The first-order valence-corrected chi connectivity index (χ1v) is 7.87. The van der Waals surface area contributed by atoms with Crippen LogP contribution in [0.15, 0.2) is 23.1 Å². The summed E-state index contributed by atoms with van der Waals surface area (Å²) in [5.41, 5.74) is 0.258. The molecule has 0 aliphatic carbocycles. The molecule has 2 amide bonds. The molecule has 0 aromatic heterocycles. The predicted octanol–water partition coefficient (Wildman–Crippen LogP) is 1.96. The number of anilines is 1. The van der Waals surface area contributed by atoms with Gasteiger partial charge >= 0.3 is 0 Å². The number of thioether (sulfide) groups is 1. The first-order valence-electron chi connectivity index (χ1n) is 6.88. The Morgan fingerprint density at radius 3 is 2.81 bits per heavy atom. The van der Waals surface area contributed by atoms with Crippen molar-refractivity contribution in [2.75, 3.05) is 24.2 Å². The number of nitrogens with zero attached hydrogens (tertiary/aromatic N) is 1. The van der Waals surface area contributed by atoms with Crippen molar-refractivity contribution < 1.29 is 14.7 Å². The van der Waals surface area contributed by atoms with Gasteiger partial charge in [0.25, 0.3) is 5.91 Å². The third-order valence-electron chi connectivity index (χ3n) is 3.11. The molecule has 0 bridgehead atoms. The summed E-state index contributed by atoms with van der Waals surface area (Å²) in [5.74, 6) is 0.202. The molecule has 0 fully saturated rings. The van der Waals surface area contributed by atoms with E-state index in [1.54, 1.807) is 30.9 Å². The van der Waals surface area contributed by atoms with E-state index in [1.807, 2.05) is 13.0 Å². The number of nitrogens with one attached hydrogen (secondary N) is 1. The van der Waals surface area contributed by atoms with E-state index in [-0.39, 0.29) is 18.4 Å². The molecule has 2 N–H and O–H groups in total. The molecule has 1 aromatic carbocycles. The van der Waals surface area contributed by atoms with Gasteiger partial charge in [0.15, 0.2) is 0 Å². The largest absolute Gasteiger partial charge is 0.389 e. The smallest absolute Gasteiger partial charge is 0.254 e. The molecule has 114 valence electrons. The average Bonchev–Trinajstić information content (AvgIpc) is 2.42. The quantitative estimate of drug-likeness (QED) is 0.892. The maximum atomic E-state index is 12.5. The van der Waals surface area contributed by atoms with Crippen molar-refractivity contribution in [2.45, 2.75) is 31.3 Å².